The molecule has 146 valence electrons. The van der Waals surface area contributed by atoms with Gasteiger partial charge in [0.2, 0.25) is 0 Å². The monoisotopic (exact) mass is 381 g/mol. The Morgan fingerprint density at radius 2 is 1.61 bits per heavy atom. The van der Waals surface area contributed by atoms with E-state index in [9.17, 15) is 14.4 Å². The fraction of sp³-hybridized carbons (Fsp3) is 0.286. The largest absolute Gasteiger partial charge is 0.454 e. The van der Waals surface area contributed by atoms with Crippen molar-refractivity contribution in [3.63, 3.8) is 0 Å². The zero-order chi connectivity index (χ0) is 19.8. The number of nitrogens with one attached hydrogen (secondary N) is 2. The number of amides is 2. The van der Waals surface area contributed by atoms with Crippen LogP contribution in [0.1, 0.15) is 23.2 Å². The Morgan fingerprint density at radius 1 is 0.929 bits per heavy atom. The molecule has 0 aromatic heterocycles. The second kappa shape index (κ2) is 9.55. The van der Waals surface area contributed by atoms with Crippen molar-refractivity contribution >= 4 is 29.2 Å². The smallest absolute Gasteiger partial charge is 0.325 e. The molecule has 0 saturated carbocycles. The highest BCUT2D eigenvalue weighted by atomic mass is 16.5. The number of esters is 1. The van der Waals surface area contributed by atoms with E-state index < -0.39 is 18.5 Å². The van der Waals surface area contributed by atoms with E-state index in [-0.39, 0.29) is 12.5 Å². The van der Waals surface area contributed by atoms with Crippen molar-refractivity contribution in [2.45, 2.75) is 12.8 Å². The second-order valence-electron chi connectivity index (χ2n) is 6.50. The van der Waals surface area contributed by atoms with E-state index in [2.05, 4.69) is 15.5 Å². The van der Waals surface area contributed by atoms with Crippen molar-refractivity contribution in [3.05, 3.63) is 60.2 Å². The quantitative estimate of drug-likeness (QED) is 0.718. The minimum absolute atomic E-state index is 0.300. The Kier molecular flexibility index (Phi) is 6.62. The number of carbonyl (C=O) groups is 3. The lowest BCUT2D eigenvalue weighted by Crippen LogP contribution is -2.32. The molecule has 0 radical (unpaired) electrons. The van der Waals surface area contributed by atoms with E-state index in [1.807, 2.05) is 24.3 Å². The van der Waals surface area contributed by atoms with Crippen LogP contribution in [0.25, 0.3) is 0 Å². The molecule has 7 nitrogen and oxygen atoms in total. The van der Waals surface area contributed by atoms with E-state index in [4.69, 9.17) is 4.74 Å². The average Bonchev–Trinajstić information content (AvgIpc) is 3.26. The zero-order valence-electron chi connectivity index (χ0n) is 15.5. The van der Waals surface area contributed by atoms with Crippen LogP contribution in [-0.4, -0.2) is 44.0 Å². The molecule has 2 aromatic rings. The summed E-state index contributed by atoms with van der Waals surface area (Å²) in [5, 5.41) is 5.14. The predicted octanol–water partition coefficient (Wildman–Crippen LogP) is 2.20. The van der Waals surface area contributed by atoms with Crippen molar-refractivity contribution in [1.82, 2.24) is 5.32 Å². The van der Waals surface area contributed by atoms with Gasteiger partial charge in [0, 0.05) is 30.0 Å². The molecular formula is C21H23N3O4. The highest BCUT2D eigenvalue weighted by Crippen LogP contribution is 2.21. The van der Waals surface area contributed by atoms with Crippen LogP contribution in [0.3, 0.4) is 0 Å². The van der Waals surface area contributed by atoms with Gasteiger partial charge in [-0.15, -0.1) is 0 Å². The highest BCUT2D eigenvalue weighted by molar-refractivity contribution is 5.96. The van der Waals surface area contributed by atoms with Gasteiger partial charge in [0.15, 0.2) is 6.61 Å². The van der Waals surface area contributed by atoms with Gasteiger partial charge in [-0.1, -0.05) is 18.2 Å². The van der Waals surface area contributed by atoms with E-state index in [0.29, 0.717) is 11.3 Å². The molecule has 1 aliphatic rings. The number of benzene rings is 2. The molecule has 1 aliphatic heterocycles. The first kappa shape index (κ1) is 19.4. The lowest BCUT2D eigenvalue weighted by molar-refractivity contribution is -0.146. The first-order valence-corrected chi connectivity index (χ1v) is 9.25. The second-order valence-corrected chi connectivity index (χ2v) is 6.50. The van der Waals surface area contributed by atoms with Gasteiger partial charge in [0.1, 0.15) is 6.54 Å². The van der Waals surface area contributed by atoms with Gasteiger partial charge in [0.25, 0.3) is 11.8 Å². The molecule has 28 heavy (non-hydrogen) atoms. The molecule has 0 aliphatic carbocycles. The molecule has 0 unspecified atom stereocenters. The van der Waals surface area contributed by atoms with Gasteiger partial charge < -0.3 is 20.3 Å². The summed E-state index contributed by atoms with van der Waals surface area (Å²) in [6.45, 7) is 1.41. The number of hydrogen-bond donors (Lipinski definition) is 2. The van der Waals surface area contributed by atoms with Crippen molar-refractivity contribution < 1.29 is 19.1 Å². The number of carbonyl (C=O) groups excluding carboxylic acids is 3. The van der Waals surface area contributed by atoms with Crippen molar-refractivity contribution in [3.8, 4) is 0 Å². The van der Waals surface area contributed by atoms with Crippen molar-refractivity contribution in [2.75, 3.05) is 36.5 Å². The predicted molar refractivity (Wildman–Crippen MR) is 106 cm³/mol. The molecule has 1 fully saturated rings. The summed E-state index contributed by atoms with van der Waals surface area (Å²) in [7, 11) is 0. The summed E-state index contributed by atoms with van der Waals surface area (Å²) in [6.07, 6.45) is 2.41. The molecule has 2 aromatic carbocycles. The molecule has 0 atom stereocenters. The lowest BCUT2D eigenvalue weighted by atomic mass is 10.2. The Labute approximate surface area is 163 Å². The molecule has 0 spiro atoms. The van der Waals surface area contributed by atoms with Crippen LogP contribution < -0.4 is 15.5 Å². The third-order valence-corrected chi connectivity index (χ3v) is 4.42. The standard InChI is InChI=1S/C21H23N3O4/c25-19(23-17-8-10-18(11-9-17)24-12-4-5-13-24)15-28-20(26)14-22-21(27)16-6-2-1-3-7-16/h1-3,6-11H,4-5,12-15H2,(H,22,27)(H,23,25). The number of ether oxygens (including phenoxy) is 1. The first-order chi connectivity index (χ1) is 13.6. The molecule has 2 N–H and O–H groups in total. The van der Waals surface area contributed by atoms with Crippen LogP contribution in [-0.2, 0) is 14.3 Å². The molecule has 1 heterocycles. The average molecular weight is 381 g/mol. The van der Waals surface area contributed by atoms with E-state index in [0.717, 1.165) is 18.8 Å². The van der Waals surface area contributed by atoms with E-state index in [1.165, 1.54) is 12.8 Å². The Morgan fingerprint density at radius 3 is 2.29 bits per heavy atom. The number of rotatable bonds is 7. The molecular weight excluding hydrogens is 358 g/mol. The third-order valence-electron chi connectivity index (χ3n) is 4.42. The molecule has 0 bridgehead atoms. The van der Waals surface area contributed by atoms with Crippen molar-refractivity contribution in [2.24, 2.45) is 0 Å². The Balaban J connectivity index is 1.37. The summed E-state index contributed by atoms with van der Waals surface area (Å²) < 4.78 is 4.89. The Bertz CT molecular complexity index is 815. The highest BCUT2D eigenvalue weighted by Gasteiger charge is 2.13. The maximum absolute atomic E-state index is 11.9. The molecule has 1 saturated heterocycles. The number of anilines is 2. The summed E-state index contributed by atoms with van der Waals surface area (Å²) >= 11 is 0. The Hall–Kier alpha value is -3.35. The van der Waals surface area contributed by atoms with Gasteiger partial charge in [0.05, 0.1) is 0 Å². The van der Waals surface area contributed by atoms with Gasteiger partial charge in [-0.2, -0.15) is 0 Å². The minimum Gasteiger partial charge on any atom is -0.454 e. The number of nitrogens with zero attached hydrogens (tertiary/aromatic N) is 1. The summed E-state index contributed by atoms with van der Waals surface area (Å²) in [5.41, 5.74) is 2.22. The van der Waals surface area contributed by atoms with Crippen LogP contribution in [0, 0.1) is 0 Å². The van der Waals surface area contributed by atoms with E-state index >= 15 is 0 Å². The van der Waals surface area contributed by atoms with Crippen LogP contribution in [0.4, 0.5) is 11.4 Å². The fourth-order valence-electron chi connectivity index (χ4n) is 2.97. The normalized spacial score (nSPS) is 13.1. The van der Waals surface area contributed by atoms with Crippen molar-refractivity contribution in [1.29, 1.82) is 0 Å². The SMILES string of the molecule is O=C(COC(=O)CNC(=O)c1ccccc1)Nc1ccc(N2CCCC2)cc1. The van der Waals surface area contributed by atoms with E-state index in [1.54, 1.807) is 30.3 Å². The first-order valence-electron chi connectivity index (χ1n) is 9.25. The summed E-state index contributed by atoms with van der Waals surface area (Å²) in [6, 6.07) is 16.1. The lowest BCUT2D eigenvalue weighted by Gasteiger charge is -2.17. The molecule has 7 heteroatoms. The van der Waals surface area contributed by atoms with Gasteiger partial charge >= 0.3 is 5.97 Å². The molecule has 3 rings (SSSR count). The van der Waals surface area contributed by atoms with Crippen LogP contribution >= 0.6 is 0 Å². The number of hydrogen-bond acceptors (Lipinski definition) is 5. The topological polar surface area (TPSA) is 87.7 Å². The van der Waals surface area contributed by atoms with Gasteiger partial charge in [-0.05, 0) is 49.2 Å². The van der Waals surface area contributed by atoms with Gasteiger partial charge in [-0.3, -0.25) is 14.4 Å². The maximum atomic E-state index is 11.9. The van der Waals surface area contributed by atoms with Crippen LogP contribution in [0.5, 0.6) is 0 Å². The molecule has 2 amide bonds. The maximum Gasteiger partial charge on any atom is 0.325 e. The fourth-order valence-corrected chi connectivity index (χ4v) is 2.97. The van der Waals surface area contributed by atoms with Gasteiger partial charge in [-0.25, -0.2) is 0 Å². The van der Waals surface area contributed by atoms with Crippen LogP contribution in [0.15, 0.2) is 54.6 Å². The van der Waals surface area contributed by atoms with Crippen LogP contribution in [0.2, 0.25) is 0 Å². The summed E-state index contributed by atoms with van der Waals surface area (Å²) in [4.78, 5) is 37.8. The zero-order valence-corrected chi connectivity index (χ0v) is 15.5. The third kappa shape index (κ3) is 5.57. The summed E-state index contributed by atoms with van der Waals surface area (Å²) in [5.74, 6) is -1.49. The minimum atomic E-state index is -0.677.